The molecule has 2 unspecified atom stereocenters. The maximum absolute atomic E-state index is 6.10. The number of hydrogen-bond acceptors (Lipinski definition) is 5. The summed E-state index contributed by atoms with van der Waals surface area (Å²) in [5.74, 6) is 1.63. The Morgan fingerprint density at radius 3 is 2.68 bits per heavy atom. The standard InChI is InChI=1S/C13H18N4OS/c1-8(14)12(19-13-15-9(2)16-17-13)10-6-4-5-7-11(10)18-3/h4-8,12H,14H2,1-3H3,(H,15,16,17). The molecule has 0 radical (unpaired) electrons. The Hall–Kier alpha value is -1.53. The van der Waals surface area contributed by atoms with Crippen LogP contribution >= 0.6 is 11.8 Å². The molecule has 0 aliphatic rings. The quantitative estimate of drug-likeness (QED) is 0.821. The number of nitrogens with one attached hydrogen (secondary N) is 1. The topological polar surface area (TPSA) is 76.8 Å². The van der Waals surface area contributed by atoms with Gasteiger partial charge in [-0.25, -0.2) is 4.98 Å². The van der Waals surface area contributed by atoms with E-state index >= 15 is 0 Å². The fourth-order valence-corrected chi connectivity index (χ4v) is 2.90. The van der Waals surface area contributed by atoms with Crippen LogP contribution < -0.4 is 10.5 Å². The van der Waals surface area contributed by atoms with Crippen LogP contribution in [0.25, 0.3) is 0 Å². The number of aryl methyl sites for hydroxylation is 1. The fourth-order valence-electron chi connectivity index (χ4n) is 1.84. The highest BCUT2D eigenvalue weighted by atomic mass is 32.2. The van der Waals surface area contributed by atoms with Gasteiger partial charge in [0.25, 0.3) is 0 Å². The minimum Gasteiger partial charge on any atom is -0.496 e. The van der Waals surface area contributed by atoms with Gasteiger partial charge in [0.2, 0.25) is 5.16 Å². The molecular formula is C13H18N4OS. The third-order valence-corrected chi connectivity index (χ3v) is 4.06. The number of nitrogens with two attached hydrogens (primary N) is 1. The van der Waals surface area contributed by atoms with Crippen LogP contribution in [-0.4, -0.2) is 28.3 Å². The molecule has 0 saturated carbocycles. The number of H-pyrrole nitrogens is 1. The van der Waals surface area contributed by atoms with Crippen molar-refractivity contribution in [1.82, 2.24) is 15.2 Å². The molecule has 19 heavy (non-hydrogen) atoms. The predicted octanol–water partition coefficient (Wildman–Crippen LogP) is 2.30. The predicted molar refractivity (Wildman–Crippen MR) is 76.4 cm³/mol. The van der Waals surface area contributed by atoms with Crippen LogP contribution in [0.3, 0.4) is 0 Å². The zero-order valence-corrected chi connectivity index (χ0v) is 12.1. The van der Waals surface area contributed by atoms with Crippen molar-refractivity contribution in [3.63, 3.8) is 0 Å². The first-order valence-corrected chi connectivity index (χ1v) is 6.94. The molecule has 3 N–H and O–H groups in total. The molecule has 0 aliphatic heterocycles. The molecule has 102 valence electrons. The second-order valence-corrected chi connectivity index (χ2v) is 5.45. The Bertz CT molecular complexity index is 541. The van der Waals surface area contributed by atoms with Gasteiger partial charge in [-0.15, -0.1) is 5.10 Å². The van der Waals surface area contributed by atoms with E-state index < -0.39 is 0 Å². The molecule has 0 aliphatic carbocycles. The van der Waals surface area contributed by atoms with E-state index in [0.717, 1.165) is 17.1 Å². The van der Waals surface area contributed by atoms with Crippen molar-refractivity contribution in [2.24, 2.45) is 5.73 Å². The van der Waals surface area contributed by atoms with Crippen molar-refractivity contribution >= 4 is 11.8 Å². The number of rotatable bonds is 5. The number of benzene rings is 1. The Balaban J connectivity index is 2.29. The van der Waals surface area contributed by atoms with Gasteiger partial charge >= 0.3 is 0 Å². The lowest BCUT2D eigenvalue weighted by atomic mass is 10.1. The summed E-state index contributed by atoms with van der Waals surface area (Å²) in [7, 11) is 1.67. The van der Waals surface area contributed by atoms with E-state index in [1.807, 2.05) is 38.1 Å². The zero-order valence-electron chi connectivity index (χ0n) is 11.3. The summed E-state index contributed by atoms with van der Waals surface area (Å²) < 4.78 is 5.40. The van der Waals surface area contributed by atoms with Crippen molar-refractivity contribution in [2.45, 2.75) is 30.3 Å². The third-order valence-electron chi connectivity index (χ3n) is 2.73. The molecule has 2 atom stereocenters. The highest BCUT2D eigenvalue weighted by Crippen LogP contribution is 2.39. The number of hydrogen-bond donors (Lipinski definition) is 2. The molecule has 1 heterocycles. The molecule has 1 aromatic carbocycles. The number of aromatic nitrogens is 3. The highest BCUT2D eigenvalue weighted by molar-refractivity contribution is 7.99. The average Bonchev–Trinajstić information content (AvgIpc) is 2.81. The van der Waals surface area contributed by atoms with E-state index in [1.54, 1.807) is 18.9 Å². The molecule has 0 spiro atoms. The molecule has 6 heteroatoms. The van der Waals surface area contributed by atoms with E-state index in [1.165, 1.54) is 0 Å². The first-order valence-electron chi connectivity index (χ1n) is 6.06. The monoisotopic (exact) mass is 278 g/mol. The Labute approximate surface area is 117 Å². The van der Waals surface area contributed by atoms with Gasteiger partial charge in [0.05, 0.1) is 12.4 Å². The van der Waals surface area contributed by atoms with Crippen LogP contribution in [0.5, 0.6) is 5.75 Å². The minimum atomic E-state index is -0.0416. The van der Waals surface area contributed by atoms with Gasteiger partial charge in [0, 0.05) is 11.6 Å². The maximum Gasteiger partial charge on any atom is 0.209 e. The van der Waals surface area contributed by atoms with Crippen LogP contribution in [0, 0.1) is 6.92 Å². The van der Waals surface area contributed by atoms with Crippen molar-refractivity contribution in [1.29, 1.82) is 0 Å². The summed E-state index contributed by atoms with van der Waals surface area (Å²) in [6.45, 7) is 3.85. The lowest BCUT2D eigenvalue weighted by Gasteiger charge is -2.21. The molecule has 2 aromatic rings. The fraction of sp³-hybridized carbons (Fsp3) is 0.385. The first kappa shape index (κ1) is 13.9. The van der Waals surface area contributed by atoms with E-state index in [9.17, 15) is 0 Å². The Morgan fingerprint density at radius 2 is 2.11 bits per heavy atom. The lowest BCUT2D eigenvalue weighted by molar-refractivity contribution is 0.408. The van der Waals surface area contributed by atoms with Crippen LogP contribution in [0.4, 0.5) is 0 Å². The molecular weight excluding hydrogens is 260 g/mol. The highest BCUT2D eigenvalue weighted by Gasteiger charge is 2.22. The molecule has 2 rings (SSSR count). The maximum atomic E-state index is 6.10. The van der Waals surface area contributed by atoms with E-state index in [0.29, 0.717) is 5.16 Å². The van der Waals surface area contributed by atoms with E-state index in [-0.39, 0.29) is 11.3 Å². The van der Waals surface area contributed by atoms with E-state index in [2.05, 4.69) is 15.2 Å². The molecule has 0 amide bonds. The zero-order chi connectivity index (χ0) is 13.8. The van der Waals surface area contributed by atoms with Gasteiger partial charge in [-0.05, 0) is 19.9 Å². The SMILES string of the molecule is COc1ccccc1C(Sc1n[nH]c(C)n1)C(C)N. The van der Waals surface area contributed by atoms with Crippen LogP contribution in [-0.2, 0) is 0 Å². The molecule has 5 nitrogen and oxygen atoms in total. The van der Waals surface area contributed by atoms with Crippen molar-refractivity contribution in [3.8, 4) is 5.75 Å². The summed E-state index contributed by atoms with van der Waals surface area (Å²) in [6, 6.07) is 7.85. The van der Waals surface area contributed by atoms with Crippen LogP contribution in [0.15, 0.2) is 29.4 Å². The van der Waals surface area contributed by atoms with Gasteiger partial charge in [-0.2, -0.15) is 0 Å². The van der Waals surface area contributed by atoms with Gasteiger partial charge in [0.15, 0.2) is 0 Å². The Morgan fingerprint density at radius 1 is 1.37 bits per heavy atom. The first-order chi connectivity index (χ1) is 9.11. The largest absolute Gasteiger partial charge is 0.496 e. The number of aromatic amines is 1. The molecule has 1 aromatic heterocycles. The van der Waals surface area contributed by atoms with Crippen molar-refractivity contribution < 1.29 is 4.74 Å². The molecule has 0 saturated heterocycles. The van der Waals surface area contributed by atoms with Crippen LogP contribution in [0.1, 0.15) is 23.6 Å². The third kappa shape index (κ3) is 3.27. The smallest absolute Gasteiger partial charge is 0.209 e. The van der Waals surface area contributed by atoms with Gasteiger partial charge in [-0.1, -0.05) is 30.0 Å². The lowest BCUT2D eigenvalue weighted by Crippen LogP contribution is -2.23. The molecule has 0 fully saturated rings. The van der Waals surface area contributed by atoms with Crippen molar-refractivity contribution in [2.75, 3.05) is 7.11 Å². The Kier molecular flexibility index (Phi) is 4.44. The summed E-state index contributed by atoms with van der Waals surface area (Å²) in [5, 5.41) is 7.74. The number of nitrogens with zero attached hydrogens (tertiary/aromatic N) is 2. The van der Waals surface area contributed by atoms with Gasteiger partial charge in [0.1, 0.15) is 11.6 Å². The molecule has 0 bridgehead atoms. The summed E-state index contributed by atoms with van der Waals surface area (Å²) in [6.07, 6.45) is 0. The number of thioether (sulfide) groups is 1. The summed E-state index contributed by atoms with van der Waals surface area (Å²) >= 11 is 1.54. The normalized spacial score (nSPS) is 14.1. The van der Waals surface area contributed by atoms with Crippen LogP contribution in [0.2, 0.25) is 0 Å². The average molecular weight is 278 g/mol. The minimum absolute atomic E-state index is 0.0416. The second kappa shape index (κ2) is 6.08. The van der Waals surface area contributed by atoms with Gasteiger partial charge < -0.3 is 10.5 Å². The van der Waals surface area contributed by atoms with Crippen molar-refractivity contribution in [3.05, 3.63) is 35.7 Å². The van der Waals surface area contributed by atoms with Gasteiger partial charge in [-0.3, -0.25) is 5.10 Å². The summed E-state index contributed by atoms with van der Waals surface area (Å²) in [4.78, 5) is 4.31. The number of methoxy groups -OCH3 is 1. The number of ether oxygens (including phenoxy) is 1. The second-order valence-electron chi connectivity index (χ2n) is 4.34. The summed E-state index contributed by atoms with van der Waals surface area (Å²) in [5.41, 5.74) is 7.17. The number of para-hydroxylation sites is 1. The van der Waals surface area contributed by atoms with E-state index in [4.69, 9.17) is 10.5 Å².